The first kappa shape index (κ1) is 18.0. The average Bonchev–Trinajstić information content (AvgIpc) is 3.27. The van der Waals surface area contributed by atoms with E-state index in [-0.39, 0.29) is 5.92 Å². The van der Waals surface area contributed by atoms with Crippen LogP contribution in [0.1, 0.15) is 51.1 Å². The summed E-state index contributed by atoms with van der Waals surface area (Å²) in [4.78, 5) is 19.0. The zero-order valence-corrected chi connectivity index (χ0v) is 16.2. The van der Waals surface area contributed by atoms with Gasteiger partial charge in [0, 0.05) is 48.9 Å². The highest BCUT2D eigenvalue weighted by Crippen LogP contribution is 2.36. The van der Waals surface area contributed by atoms with E-state index < -0.39 is 0 Å². The third-order valence-electron chi connectivity index (χ3n) is 5.79. The van der Waals surface area contributed by atoms with Gasteiger partial charge in [0.2, 0.25) is 5.91 Å². The van der Waals surface area contributed by atoms with Crippen LogP contribution in [0.5, 0.6) is 0 Å². The molecular weight excluding hydrogens is 338 g/mol. The fourth-order valence-corrected chi connectivity index (χ4v) is 3.95. The van der Waals surface area contributed by atoms with Crippen LogP contribution in [0.15, 0.2) is 24.5 Å². The molecule has 2 N–H and O–H groups in total. The van der Waals surface area contributed by atoms with Gasteiger partial charge in [-0.15, -0.1) is 0 Å². The van der Waals surface area contributed by atoms with Gasteiger partial charge in [-0.1, -0.05) is 20.3 Å². The minimum Gasteiger partial charge on any atom is -0.370 e. The molecular formula is C21H29N5O. The maximum atomic E-state index is 12.6. The third kappa shape index (κ3) is 3.84. The Labute approximate surface area is 160 Å². The third-order valence-corrected chi connectivity index (χ3v) is 5.79. The number of rotatable bonds is 6. The van der Waals surface area contributed by atoms with Crippen LogP contribution in [-0.2, 0) is 4.79 Å². The van der Waals surface area contributed by atoms with Crippen LogP contribution >= 0.6 is 0 Å². The Hall–Kier alpha value is -2.37. The van der Waals surface area contributed by atoms with Crippen LogP contribution in [0.4, 0.5) is 5.82 Å². The molecule has 0 unspecified atom stereocenters. The number of carbonyl (C=O) groups excluding carboxylic acids is 1. The van der Waals surface area contributed by atoms with Crippen LogP contribution in [0.2, 0.25) is 0 Å². The molecule has 1 aliphatic heterocycles. The summed E-state index contributed by atoms with van der Waals surface area (Å²) >= 11 is 0. The molecule has 1 atom stereocenters. The molecule has 6 nitrogen and oxygen atoms in total. The second-order valence-corrected chi connectivity index (χ2v) is 8.30. The Morgan fingerprint density at radius 2 is 2.22 bits per heavy atom. The molecule has 6 heteroatoms. The number of aromatic amines is 1. The smallest absolute Gasteiger partial charge is 0.225 e. The molecule has 2 aliphatic rings. The number of pyridine rings is 1. The summed E-state index contributed by atoms with van der Waals surface area (Å²) in [7, 11) is 0. The Bertz CT molecular complexity index is 795. The number of carbonyl (C=O) groups is 1. The summed E-state index contributed by atoms with van der Waals surface area (Å²) in [5.41, 5.74) is 3.37. The van der Waals surface area contributed by atoms with E-state index in [9.17, 15) is 4.79 Å². The van der Waals surface area contributed by atoms with Crippen LogP contribution in [0.3, 0.4) is 0 Å². The number of nitrogens with one attached hydrogen (secondary N) is 2. The molecule has 0 aromatic carbocycles. The van der Waals surface area contributed by atoms with Crippen molar-refractivity contribution in [2.45, 2.75) is 45.4 Å². The van der Waals surface area contributed by atoms with Crippen molar-refractivity contribution in [3.8, 4) is 11.1 Å². The Balaban J connectivity index is 1.48. The van der Waals surface area contributed by atoms with Gasteiger partial charge in [0.15, 0.2) is 0 Å². The van der Waals surface area contributed by atoms with Crippen molar-refractivity contribution in [1.29, 1.82) is 0 Å². The van der Waals surface area contributed by atoms with Gasteiger partial charge < -0.3 is 10.2 Å². The molecule has 1 aliphatic carbocycles. The summed E-state index contributed by atoms with van der Waals surface area (Å²) in [6, 6.07) is 4.12. The molecule has 27 heavy (non-hydrogen) atoms. The van der Waals surface area contributed by atoms with Crippen molar-refractivity contribution in [2.75, 3.05) is 25.0 Å². The molecule has 2 fully saturated rings. The van der Waals surface area contributed by atoms with E-state index in [1.807, 2.05) is 18.5 Å². The quantitative estimate of drug-likeness (QED) is 0.817. The minimum absolute atomic E-state index is 0.278. The summed E-state index contributed by atoms with van der Waals surface area (Å²) in [5, 5.41) is 10.9. The first-order valence-electron chi connectivity index (χ1n) is 10.1. The SMILES string of the molecule is CC(C)CNc1cc(-c2cn[nH]c2[C@@H]2CCN(C(=O)C3CCC3)C2)ccn1. The van der Waals surface area contributed by atoms with E-state index in [1.165, 1.54) is 6.42 Å². The summed E-state index contributed by atoms with van der Waals surface area (Å²) in [6.45, 7) is 6.92. The van der Waals surface area contributed by atoms with Gasteiger partial charge in [-0.05, 0) is 42.9 Å². The minimum atomic E-state index is 0.278. The highest BCUT2D eigenvalue weighted by molar-refractivity contribution is 5.80. The van der Waals surface area contributed by atoms with E-state index in [0.29, 0.717) is 17.7 Å². The van der Waals surface area contributed by atoms with E-state index in [0.717, 1.165) is 61.5 Å². The molecule has 2 aromatic heterocycles. The van der Waals surface area contributed by atoms with Gasteiger partial charge in [-0.2, -0.15) is 5.10 Å². The predicted molar refractivity (Wildman–Crippen MR) is 106 cm³/mol. The van der Waals surface area contributed by atoms with E-state index >= 15 is 0 Å². The zero-order chi connectivity index (χ0) is 18.8. The predicted octanol–water partition coefficient (Wildman–Crippen LogP) is 3.66. The van der Waals surface area contributed by atoms with Crippen molar-refractivity contribution in [3.05, 3.63) is 30.2 Å². The first-order chi connectivity index (χ1) is 13.1. The summed E-state index contributed by atoms with van der Waals surface area (Å²) in [6.07, 6.45) is 8.07. The molecule has 1 amide bonds. The van der Waals surface area contributed by atoms with Crippen molar-refractivity contribution in [2.24, 2.45) is 11.8 Å². The molecule has 0 spiro atoms. The second-order valence-electron chi connectivity index (χ2n) is 8.30. The molecule has 3 heterocycles. The van der Waals surface area contributed by atoms with Crippen molar-refractivity contribution < 1.29 is 4.79 Å². The lowest BCUT2D eigenvalue weighted by atomic mass is 9.84. The monoisotopic (exact) mass is 367 g/mol. The maximum Gasteiger partial charge on any atom is 0.225 e. The molecule has 144 valence electrons. The highest BCUT2D eigenvalue weighted by Gasteiger charge is 2.35. The van der Waals surface area contributed by atoms with E-state index in [4.69, 9.17) is 0 Å². The standard InChI is InChI=1S/C21H29N5O/c1-14(2)11-23-19-10-16(6-8-22-19)18-12-24-25-20(18)17-7-9-26(13-17)21(27)15-4-3-5-15/h6,8,10,12,14-15,17H,3-5,7,9,11,13H2,1-2H3,(H,22,23)(H,24,25)/t17-/m1/s1. The number of aromatic nitrogens is 3. The lowest BCUT2D eigenvalue weighted by Crippen LogP contribution is -2.37. The van der Waals surface area contributed by atoms with Crippen molar-refractivity contribution in [1.82, 2.24) is 20.1 Å². The van der Waals surface area contributed by atoms with E-state index in [1.54, 1.807) is 0 Å². The van der Waals surface area contributed by atoms with Gasteiger partial charge >= 0.3 is 0 Å². The lowest BCUT2D eigenvalue weighted by molar-refractivity contribution is -0.137. The zero-order valence-electron chi connectivity index (χ0n) is 16.2. The summed E-state index contributed by atoms with van der Waals surface area (Å²) < 4.78 is 0. The summed E-state index contributed by atoms with van der Waals surface area (Å²) in [5.74, 6) is 2.42. The fourth-order valence-electron chi connectivity index (χ4n) is 3.95. The molecule has 0 radical (unpaired) electrons. The number of amides is 1. The van der Waals surface area contributed by atoms with Gasteiger partial charge in [0.05, 0.1) is 6.20 Å². The Morgan fingerprint density at radius 1 is 1.37 bits per heavy atom. The largest absolute Gasteiger partial charge is 0.370 e. The lowest BCUT2D eigenvalue weighted by Gasteiger charge is -2.29. The van der Waals surface area contributed by atoms with Gasteiger partial charge in [0.25, 0.3) is 0 Å². The van der Waals surface area contributed by atoms with Crippen molar-refractivity contribution >= 4 is 11.7 Å². The normalized spacial score (nSPS) is 20.1. The second kappa shape index (κ2) is 7.71. The number of likely N-dealkylation sites (tertiary alicyclic amines) is 1. The van der Waals surface area contributed by atoms with E-state index in [2.05, 4.69) is 45.3 Å². The molecule has 1 saturated heterocycles. The Kier molecular flexibility index (Phi) is 5.14. The van der Waals surface area contributed by atoms with Crippen LogP contribution in [-0.4, -0.2) is 45.6 Å². The molecule has 0 bridgehead atoms. The number of H-pyrrole nitrogens is 1. The van der Waals surface area contributed by atoms with Crippen LogP contribution in [0.25, 0.3) is 11.1 Å². The fraction of sp³-hybridized carbons (Fsp3) is 0.571. The van der Waals surface area contributed by atoms with Gasteiger partial charge in [-0.25, -0.2) is 4.98 Å². The highest BCUT2D eigenvalue weighted by atomic mass is 16.2. The average molecular weight is 367 g/mol. The Morgan fingerprint density at radius 3 is 2.96 bits per heavy atom. The number of anilines is 1. The van der Waals surface area contributed by atoms with Crippen LogP contribution in [0, 0.1) is 11.8 Å². The topological polar surface area (TPSA) is 73.9 Å². The molecule has 2 aromatic rings. The maximum absolute atomic E-state index is 12.6. The molecule has 1 saturated carbocycles. The van der Waals surface area contributed by atoms with Crippen LogP contribution < -0.4 is 5.32 Å². The first-order valence-corrected chi connectivity index (χ1v) is 10.1. The van der Waals surface area contributed by atoms with Crippen molar-refractivity contribution in [3.63, 3.8) is 0 Å². The van der Waals surface area contributed by atoms with Gasteiger partial charge in [-0.3, -0.25) is 9.89 Å². The number of nitrogens with zero attached hydrogens (tertiary/aromatic N) is 3. The van der Waals surface area contributed by atoms with Gasteiger partial charge in [0.1, 0.15) is 5.82 Å². The number of hydrogen-bond donors (Lipinski definition) is 2. The molecule has 4 rings (SSSR count). The number of hydrogen-bond acceptors (Lipinski definition) is 4.